The molecule has 0 bridgehead atoms. The molecule has 214 valence electrons. The quantitative estimate of drug-likeness (QED) is 0.148. The second-order valence-electron chi connectivity index (χ2n) is 9.61. The Morgan fingerprint density at radius 1 is 0.452 bits per heavy atom. The second kappa shape index (κ2) is 13.2. The Balaban J connectivity index is 2.03. The van der Waals surface area contributed by atoms with Gasteiger partial charge in [0.25, 0.3) is 0 Å². The highest BCUT2D eigenvalue weighted by Crippen LogP contribution is 2.36. The average Bonchev–Trinajstić information content (AvgIpc) is 2.92. The summed E-state index contributed by atoms with van der Waals surface area (Å²) in [4.78, 5) is 48.7. The van der Waals surface area contributed by atoms with Crippen molar-refractivity contribution in [1.29, 1.82) is 0 Å². The van der Waals surface area contributed by atoms with E-state index in [9.17, 15) is 19.2 Å². The topological polar surface area (TPSA) is 105 Å². The number of hydrogen-bond acceptors (Lipinski definition) is 8. The van der Waals surface area contributed by atoms with Gasteiger partial charge in [-0.15, -0.1) is 0 Å². The van der Waals surface area contributed by atoms with Crippen LogP contribution in [-0.4, -0.2) is 23.9 Å². The summed E-state index contributed by atoms with van der Waals surface area (Å²) in [6, 6.07) is 16.5. The van der Waals surface area contributed by atoms with Gasteiger partial charge < -0.3 is 18.9 Å². The van der Waals surface area contributed by atoms with Crippen LogP contribution in [0.5, 0.6) is 23.0 Å². The van der Waals surface area contributed by atoms with Crippen LogP contribution in [0.1, 0.15) is 27.7 Å². The van der Waals surface area contributed by atoms with Gasteiger partial charge in [0.05, 0.1) is 0 Å². The number of carbonyl (C=O) groups excluding carboxylic acids is 4. The van der Waals surface area contributed by atoms with Gasteiger partial charge in [0, 0.05) is 40.0 Å². The Bertz CT molecular complexity index is 1590. The van der Waals surface area contributed by atoms with Gasteiger partial charge in [-0.2, -0.15) is 0 Å². The van der Waals surface area contributed by atoms with E-state index in [0.29, 0.717) is 22.3 Å². The second-order valence-corrected chi connectivity index (χ2v) is 9.61. The molecule has 0 saturated heterocycles. The van der Waals surface area contributed by atoms with E-state index in [1.165, 1.54) is 39.8 Å². The van der Waals surface area contributed by atoms with Crippen LogP contribution in [0.25, 0.3) is 22.3 Å². The largest absolute Gasteiger partial charge is 0.423 e. The summed E-state index contributed by atoms with van der Waals surface area (Å²) in [5, 5.41) is 0. The van der Waals surface area contributed by atoms with Gasteiger partial charge in [-0.05, 0) is 68.7 Å². The number of rotatable bonds is 10. The molecule has 3 aromatic carbocycles. The molecule has 0 amide bonds. The van der Waals surface area contributed by atoms with Crippen molar-refractivity contribution in [3.8, 4) is 45.3 Å². The number of carbonyl (C=O) groups is 4. The lowest BCUT2D eigenvalue weighted by molar-refractivity contribution is -0.131. The number of esters is 4. The van der Waals surface area contributed by atoms with Crippen molar-refractivity contribution >= 4 is 23.9 Å². The fourth-order valence-electron chi connectivity index (χ4n) is 3.36. The van der Waals surface area contributed by atoms with E-state index in [1.54, 1.807) is 48.5 Å². The van der Waals surface area contributed by atoms with E-state index >= 15 is 0 Å². The molecule has 8 nitrogen and oxygen atoms in total. The highest BCUT2D eigenvalue weighted by Gasteiger charge is 2.17. The first-order valence-corrected chi connectivity index (χ1v) is 12.7. The van der Waals surface area contributed by atoms with Crippen molar-refractivity contribution in [3.63, 3.8) is 0 Å². The summed E-state index contributed by atoms with van der Waals surface area (Å²) < 4.78 is 21.6. The molecule has 0 aliphatic heterocycles. The molecule has 8 heteroatoms. The lowest BCUT2D eigenvalue weighted by Gasteiger charge is -2.14. The zero-order chi connectivity index (χ0) is 31.1. The molecule has 0 fully saturated rings. The summed E-state index contributed by atoms with van der Waals surface area (Å²) >= 11 is 0. The fourth-order valence-corrected chi connectivity index (χ4v) is 3.36. The van der Waals surface area contributed by atoms with E-state index in [0.717, 1.165) is 0 Å². The van der Waals surface area contributed by atoms with Crippen molar-refractivity contribution in [2.75, 3.05) is 0 Å². The molecule has 3 rings (SSSR count). The molecule has 0 aliphatic carbocycles. The third-order valence-corrected chi connectivity index (χ3v) is 5.59. The molecule has 0 aromatic heterocycles. The summed E-state index contributed by atoms with van der Waals surface area (Å²) in [6.07, 6.45) is 0. The number of hydrogen-bond donors (Lipinski definition) is 0. The van der Waals surface area contributed by atoms with Crippen LogP contribution < -0.4 is 18.9 Å². The maximum atomic E-state index is 12.4. The minimum absolute atomic E-state index is 0.156. The number of ether oxygens (including phenoxy) is 4. The Labute approximate surface area is 244 Å². The van der Waals surface area contributed by atoms with Crippen molar-refractivity contribution in [2.45, 2.75) is 27.7 Å². The molecule has 0 saturated carbocycles. The molecule has 0 N–H and O–H groups in total. The molecule has 0 heterocycles. The third kappa shape index (κ3) is 8.02. The maximum Gasteiger partial charge on any atom is 0.338 e. The van der Waals surface area contributed by atoms with Gasteiger partial charge in [0.1, 0.15) is 23.0 Å². The molecule has 0 aliphatic rings. The monoisotopic (exact) mass is 566 g/mol. The molecular formula is C34H30O8. The Morgan fingerprint density at radius 2 is 0.857 bits per heavy atom. The Kier molecular flexibility index (Phi) is 9.78. The van der Waals surface area contributed by atoms with E-state index in [-0.39, 0.29) is 45.3 Å². The van der Waals surface area contributed by atoms with Gasteiger partial charge in [0.15, 0.2) is 0 Å². The lowest BCUT2D eigenvalue weighted by atomic mass is 9.99. The predicted molar refractivity (Wildman–Crippen MR) is 159 cm³/mol. The van der Waals surface area contributed by atoms with Crippen LogP contribution in [0.3, 0.4) is 0 Å². The minimum atomic E-state index is -0.644. The molecule has 0 radical (unpaired) electrons. The van der Waals surface area contributed by atoms with Crippen molar-refractivity contribution in [3.05, 3.63) is 109 Å². The molecule has 0 unspecified atom stereocenters. The van der Waals surface area contributed by atoms with Gasteiger partial charge in [-0.3, -0.25) is 0 Å². The molecule has 42 heavy (non-hydrogen) atoms. The first-order valence-electron chi connectivity index (χ1n) is 12.7. The first-order chi connectivity index (χ1) is 19.7. The third-order valence-electron chi connectivity index (χ3n) is 5.59. The summed E-state index contributed by atoms with van der Waals surface area (Å²) in [5.41, 5.74) is 3.33. The molecule has 0 atom stereocenters. The maximum absolute atomic E-state index is 12.4. The Morgan fingerprint density at radius 3 is 1.31 bits per heavy atom. The van der Waals surface area contributed by atoms with Crippen molar-refractivity contribution in [1.82, 2.24) is 0 Å². The normalized spacial score (nSPS) is 10.2. The SMILES string of the molecule is C=C(C)C(=O)Oc1cc(OC(=O)C(=C)C)cc(-c2ccc(-c3ccc(OC(=O)C(=C)C)cc3OC(=O)C(=C)C)cc2)c1. The van der Waals surface area contributed by atoms with Crippen LogP contribution in [-0.2, 0) is 19.2 Å². The van der Waals surface area contributed by atoms with Gasteiger partial charge in [-0.1, -0.05) is 50.6 Å². The van der Waals surface area contributed by atoms with Gasteiger partial charge in [0.2, 0.25) is 0 Å². The van der Waals surface area contributed by atoms with Crippen LogP contribution in [0.15, 0.2) is 109 Å². The molecular weight excluding hydrogens is 536 g/mol. The van der Waals surface area contributed by atoms with E-state index < -0.39 is 23.9 Å². The van der Waals surface area contributed by atoms with Gasteiger partial charge >= 0.3 is 23.9 Å². The smallest absolute Gasteiger partial charge is 0.338 e. The summed E-state index contributed by atoms with van der Waals surface area (Å²) in [7, 11) is 0. The van der Waals surface area contributed by atoms with Crippen LogP contribution >= 0.6 is 0 Å². The van der Waals surface area contributed by atoms with Crippen molar-refractivity contribution < 1.29 is 38.1 Å². The molecule has 0 spiro atoms. The minimum Gasteiger partial charge on any atom is -0.423 e. The first kappa shape index (κ1) is 31.0. The fraction of sp³-hybridized carbons (Fsp3) is 0.118. The van der Waals surface area contributed by atoms with Crippen LogP contribution in [0, 0.1) is 0 Å². The summed E-state index contributed by atoms with van der Waals surface area (Å²) in [6.45, 7) is 20.4. The predicted octanol–water partition coefficient (Wildman–Crippen LogP) is 6.95. The Hall–Kier alpha value is -5.50. The summed E-state index contributed by atoms with van der Waals surface area (Å²) in [5.74, 6) is -1.88. The van der Waals surface area contributed by atoms with Crippen molar-refractivity contribution in [2.24, 2.45) is 0 Å². The standard InChI is InChI=1S/C34H30O8/c1-19(2)31(35)39-26-13-14-29(30(18-26)42-34(38)22(7)8)24-11-9-23(10-12-24)25-15-27(40-32(36)20(3)4)17-28(16-25)41-33(37)21(5)6/h9-18H,1,3,5,7H2,2,4,6,8H3. The van der Waals surface area contributed by atoms with E-state index in [4.69, 9.17) is 18.9 Å². The van der Waals surface area contributed by atoms with E-state index in [1.807, 2.05) is 0 Å². The highest BCUT2D eigenvalue weighted by molar-refractivity contribution is 5.92. The van der Waals surface area contributed by atoms with E-state index in [2.05, 4.69) is 26.3 Å². The highest BCUT2D eigenvalue weighted by atomic mass is 16.6. The average molecular weight is 567 g/mol. The lowest BCUT2D eigenvalue weighted by Crippen LogP contribution is -2.11. The molecule has 3 aromatic rings. The van der Waals surface area contributed by atoms with Crippen LogP contribution in [0.2, 0.25) is 0 Å². The zero-order valence-corrected chi connectivity index (χ0v) is 23.9. The number of benzene rings is 3. The van der Waals surface area contributed by atoms with Gasteiger partial charge in [-0.25, -0.2) is 19.2 Å². The zero-order valence-electron chi connectivity index (χ0n) is 23.9. The van der Waals surface area contributed by atoms with Crippen LogP contribution in [0.4, 0.5) is 0 Å².